The van der Waals surface area contributed by atoms with Crippen molar-refractivity contribution in [1.82, 2.24) is 0 Å². The molecule has 0 saturated heterocycles. The van der Waals surface area contributed by atoms with Gasteiger partial charge in [0.15, 0.2) is 0 Å². The Morgan fingerprint density at radius 2 is 2.08 bits per heavy atom. The fraction of sp³-hybridized carbons (Fsp3) is 0.556. The molecule has 0 saturated carbocycles. The summed E-state index contributed by atoms with van der Waals surface area (Å²) in [5.74, 6) is -1.41. The van der Waals surface area contributed by atoms with Crippen LogP contribution in [0.2, 0.25) is 0 Å². The van der Waals surface area contributed by atoms with Crippen LogP contribution in [-0.2, 0) is 14.3 Å². The maximum atomic E-state index is 11.0. The molecular weight excluding hydrogens is 172 g/mol. The number of hydrogen-bond acceptors (Lipinski definition) is 3. The van der Waals surface area contributed by atoms with Crippen LogP contribution in [-0.4, -0.2) is 23.7 Å². The van der Waals surface area contributed by atoms with Gasteiger partial charge in [-0.3, -0.25) is 4.79 Å². The van der Waals surface area contributed by atoms with Crippen LogP contribution >= 0.6 is 0 Å². The highest BCUT2D eigenvalue weighted by molar-refractivity contribution is 5.87. The number of rotatable bonds is 5. The number of ether oxygens (including phenoxy) is 1. The van der Waals surface area contributed by atoms with Crippen LogP contribution in [0.3, 0.4) is 0 Å². The summed E-state index contributed by atoms with van der Waals surface area (Å²) in [7, 11) is 0. The van der Waals surface area contributed by atoms with E-state index in [9.17, 15) is 9.59 Å². The average Bonchev–Trinajstić information content (AvgIpc) is 2.04. The van der Waals surface area contributed by atoms with Crippen molar-refractivity contribution in [2.45, 2.75) is 26.7 Å². The van der Waals surface area contributed by atoms with Gasteiger partial charge in [-0.15, -0.1) is 0 Å². The molecule has 0 rings (SSSR count). The number of carboxylic acids is 1. The number of hydrogen-bond donors (Lipinski definition) is 1. The molecule has 0 aliphatic rings. The Morgan fingerprint density at radius 3 is 2.54 bits per heavy atom. The molecule has 74 valence electrons. The Balaban J connectivity index is 3.75. The molecule has 0 unspecified atom stereocenters. The Bertz CT molecular complexity index is 218. The lowest BCUT2D eigenvalue weighted by molar-refractivity contribution is -0.143. The van der Waals surface area contributed by atoms with E-state index in [1.165, 1.54) is 0 Å². The lowest BCUT2D eigenvalue weighted by Gasteiger charge is -2.02. The summed E-state index contributed by atoms with van der Waals surface area (Å²) in [4.78, 5) is 21.1. The first-order valence-electron chi connectivity index (χ1n) is 4.13. The largest absolute Gasteiger partial charge is 0.481 e. The van der Waals surface area contributed by atoms with Gasteiger partial charge in [0.1, 0.15) is 6.61 Å². The summed E-state index contributed by atoms with van der Waals surface area (Å²) >= 11 is 0. The zero-order valence-corrected chi connectivity index (χ0v) is 7.87. The van der Waals surface area contributed by atoms with Gasteiger partial charge in [-0.25, -0.2) is 4.79 Å². The minimum Gasteiger partial charge on any atom is -0.481 e. The maximum absolute atomic E-state index is 11.0. The molecule has 0 radical (unpaired) electrons. The van der Waals surface area contributed by atoms with Gasteiger partial charge in [-0.05, 0) is 13.3 Å². The highest BCUT2D eigenvalue weighted by Crippen LogP contribution is 1.98. The zero-order valence-electron chi connectivity index (χ0n) is 7.87. The van der Waals surface area contributed by atoms with E-state index in [1.807, 2.05) is 6.92 Å². The zero-order chi connectivity index (χ0) is 10.3. The number of allylic oxidation sites excluding steroid dienone is 1. The number of esters is 1. The van der Waals surface area contributed by atoms with E-state index in [2.05, 4.69) is 4.74 Å². The molecule has 4 nitrogen and oxygen atoms in total. The normalized spacial score (nSPS) is 11.1. The van der Waals surface area contributed by atoms with Gasteiger partial charge < -0.3 is 9.84 Å². The van der Waals surface area contributed by atoms with Crippen LogP contribution in [0.5, 0.6) is 0 Å². The topological polar surface area (TPSA) is 63.6 Å². The van der Waals surface area contributed by atoms with Crippen LogP contribution in [0, 0.1) is 0 Å². The van der Waals surface area contributed by atoms with Gasteiger partial charge in [-0.1, -0.05) is 13.0 Å². The summed E-state index contributed by atoms with van der Waals surface area (Å²) < 4.78 is 4.68. The highest BCUT2D eigenvalue weighted by Gasteiger charge is 2.05. The second-order valence-corrected chi connectivity index (χ2v) is 2.58. The number of carbonyl (C=O) groups is 2. The van der Waals surface area contributed by atoms with Gasteiger partial charge in [0, 0.05) is 5.57 Å². The molecule has 0 aliphatic carbocycles. The molecule has 0 aromatic heterocycles. The van der Waals surface area contributed by atoms with Crippen molar-refractivity contribution in [2.75, 3.05) is 6.61 Å². The Hall–Kier alpha value is -1.32. The van der Waals surface area contributed by atoms with Crippen molar-refractivity contribution in [3.8, 4) is 0 Å². The van der Waals surface area contributed by atoms with Gasteiger partial charge in [0.2, 0.25) is 0 Å². The molecule has 0 heterocycles. The standard InChI is InChI=1S/C9H14O4/c1-3-4-7(2)9(12)13-6-5-8(10)11/h4H,3,5-6H2,1-2H3,(H,10,11). The van der Waals surface area contributed by atoms with E-state index >= 15 is 0 Å². The summed E-state index contributed by atoms with van der Waals surface area (Å²) in [6, 6.07) is 0. The van der Waals surface area contributed by atoms with Crippen molar-refractivity contribution in [2.24, 2.45) is 0 Å². The SMILES string of the molecule is CCC=C(C)C(=O)OCCC(=O)O. The molecule has 4 heteroatoms. The maximum Gasteiger partial charge on any atom is 0.333 e. The molecule has 0 atom stereocenters. The molecule has 0 bridgehead atoms. The molecule has 0 aliphatic heterocycles. The molecule has 0 fully saturated rings. The van der Waals surface area contributed by atoms with Crippen molar-refractivity contribution in [3.05, 3.63) is 11.6 Å². The first kappa shape index (κ1) is 11.7. The van der Waals surface area contributed by atoms with E-state index in [0.29, 0.717) is 5.57 Å². The van der Waals surface area contributed by atoms with Crippen LogP contribution < -0.4 is 0 Å². The quantitative estimate of drug-likeness (QED) is 0.520. The fourth-order valence-electron chi connectivity index (χ4n) is 0.734. The Kier molecular flexibility index (Phi) is 5.59. The second-order valence-electron chi connectivity index (χ2n) is 2.58. The lowest BCUT2D eigenvalue weighted by atomic mass is 10.2. The predicted octanol–water partition coefficient (Wildman–Crippen LogP) is 1.36. The van der Waals surface area contributed by atoms with Gasteiger partial charge >= 0.3 is 11.9 Å². The first-order valence-corrected chi connectivity index (χ1v) is 4.13. The molecule has 0 aromatic rings. The third-order valence-electron chi connectivity index (χ3n) is 1.38. The minimum absolute atomic E-state index is 0.0664. The van der Waals surface area contributed by atoms with Gasteiger partial charge in [-0.2, -0.15) is 0 Å². The molecule has 13 heavy (non-hydrogen) atoms. The van der Waals surface area contributed by atoms with Crippen molar-refractivity contribution in [3.63, 3.8) is 0 Å². The second kappa shape index (κ2) is 6.22. The third kappa shape index (κ3) is 5.90. The summed E-state index contributed by atoms with van der Waals surface area (Å²) in [6.07, 6.45) is 2.36. The van der Waals surface area contributed by atoms with Gasteiger partial charge in [0.05, 0.1) is 6.42 Å². The van der Waals surface area contributed by atoms with E-state index in [-0.39, 0.29) is 13.0 Å². The fourth-order valence-corrected chi connectivity index (χ4v) is 0.734. The summed E-state index contributed by atoms with van der Waals surface area (Å²) in [5, 5.41) is 8.26. The van der Waals surface area contributed by atoms with Crippen molar-refractivity contribution >= 4 is 11.9 Å². The van der Waals surface area contributed by atoms with E-state index in [1.54, 1.807) is 13.0 Å². The molecule has 0 amide bonds. The third-order valence-corrected chi connectivity index (χ3v) is 1.38. The van der Waals surface area contributed by atoms with E-state index < -0.39 is 11.9 Å². The lowest BCUT2D eigenvalue weighted by Crippen LogP contribution is -2.10. The number of carboxylic acid groups (broad SMARTS) is 1. The monoisotopic (exact) mass is 186 g/mol. The van der Waals surface area contributed by atoms with Crippen LogP contribution in [0.15, 0.2) is 11.6 Å². The minimum atomic E-state index is -0.968. The van der Waals surface area contributed by atoms with Gasteiger partial charge in [0.25, 0.3) is 0 Å². The Morgan fingerprint density at radius 1 is 1.46 bits per heavy atom. The smallest absolute Gasteiger partial charge is 0.333 e. The van der Waals surface area contributed by atoms with Crippen LogP contribution in [0.4, 0.5) is 0 Å². The predicted molar refractivity (Wildman–Crippen MR) is 47.3 cm³/mol. The van der Waals surface area contributed by atoms with E-state index in [4.69, 9.17) is 5.11 Å². The van der Waals surface area contributed by atoms with Crippen molar-refractivity contribution in [1.29, 1.82) is 0 Å². The van der Waals surface area contributed by atoms with Crippen LogP contribution in [0.1, 0.15) is 26.7 Å². The average molecular weight is 186 g/mol. The van der Waals surface area contributed by atoms with Crippen LogP contribution in [0.25, 0.3) is 0 Å². The summed E-state index contributed by atoms with van der Waals surface area (Å²) in [5.41, 5.74) is 0.521. The molecule has 0 aromatic carbocycles. The van der Waals surface area contributed by atoms with E-state index in [0.717, 1.165) is 6.42 Å². The molecular formula is C9H14O4. The summed E-state index contributed by atoms with van der Waals surface area (Å²) in [6.45, 7) is 3.49. The Labute approximate surface area is 77.2 Å². The first-order chi connectivity index (χ1) is 6.07. The van der Waals surface area contributed by atoms with Crippen molar-refractivity contribution < 1.29 is 19.4 Å². The highest BCUT2D eigenvalue weighted by atomic mass is 16.5. The molecule has 1 N–H and O–H groups in total. The molecule has 0 spiro atoms. The number of carbonyl (C=O) groups excluding carboxylic acids is 1. The number of aliphatic carboxylic acids is 1.